The van der Waals surface area contributed by atoms with Gasteiger partial charge in [-0.1, -0.05) is 11.3 Å². The Morgan fingerprint density at radius 1 is 1.29 bits per heavy atom. The third-order valence-corrected chi connectivity index (χ3v) is 3.36. The summed E-state index contributed by atoms with van der Waals surface area (Å²) in [5, 5.41) is 11.6. The summed E-state index contributed by atoms with van der Waals surface area (Å²) < 4.78 is 10.4. The standard InChI is InChI=1S/C14H15N3O3S/c1-9-16-17-14(21-9)15-13(18)7-4-10-8-11(19-2)5-6-12(10)20-3/h4-8H,1-3H3,(H,15,17,18). The number of benzene rings is 1. The van der Waals surface area contributed by atoms with Gasteiger partial charge in [-0.15, -0.1) is 10.2 Å². The molecule has 0 aliphatic heterocycles. The van der Waals surface area contributed by atoms with Crippen molar-refractivity contribution in [3.8, 4) is 11.5 Å². The Balaban J connectivity index is 2.10. The van der Waals surface area contributed by atoms with Crippen LogP contribution in [0.25, 0.3) is 6.08 Å². The molecule has 6 nitrogen and oxygen atoms in total. The number of amides is 1. The van der Waals surface area contributed by atoms with Crippen molar-refractivity contribution in [2.75, 3.05) is 19.5 Å². The van der Waals surface area contributed by atoms with Gasteiger partial charge in [-0.05, 0) is 31.2 Å². The molecule has 0 fully saturated rings. The molecule has 1 aromatic carbocycles. The van der Waals surface area contributed by atoms with E-state index in [1.54, 1.807) is 38.5 Å². The molecule has 1 aromatic heterocycles. The van der Waals surface area contributed by atoms with E-state index >= 15 is 0 Å². The van der Waals surface area contributed by atoms with E-state index in [2.05, 4.69) is 15.5 Å². The number of nitrogens with zero attached hydrogens (tertiary/aromatic N) is 2. The zero-order valence-corrected chi connectivity index (χ0v) is 12.7. The smallest absolute Gasteiger partial charge is 0.250 e. The van der Waals surface area contributed by atoms with Crippen molar-refractivity contribution in [3.63, 3.8) is 0 Å². The number of aromatic nitrogens is 2. The van der Waals surface area contributed by atoms with Crippen LogP contribution in [0.1, 0.15) is 10.6 Å². The normalized spacial score (nSPS) is 10.6. The van der Waals surface area contributed by atoms with Crippen LogP contribution >= 0.6 is 11.3 Å². The van der Waals surface area contributed by atoms with Crippen LogP contribution in [0.15, 0.2) is 24.3 Å². The maximum atomic E-state index is 11.8. The average Bonchev–Trinajstić information content (AvgIpc) is 2.89. The number of anilines is 1. The molecule has 2 rings (SSSR count). The van der Waals surface area contributed by atoms with Gasteiger partial charge in [0.05, 0.1) is 14.2 Å². The van der Waals surface area contributed by atoms with Gasteiger partial charge in [-0.3, -0.25) is 10.1 Å². The second-order valence-electron chi connectivity index (χ2n) is 4.06. The molecular formula is C14H15N3O3S. The van der Waals surface area contributed by atoms with Crippen LogP contribution in [-0.4, -0.2) is 30.3 Å². The Labute approximate surface area is 126 Å². The predicted octanol–water partition coefficient (Wildman–Crippen LogP) is 2.52. The minimum atomic E-state index is -0.281. The van der Waals surface area contributed by atoms with Crippen LogP contribution in [-0.2, 0) is 4.79 Å². The van der Waals surface area contributed by atoms with Crippen LogP contribution in [0.5, 0.6) is 11.5 Å². The lowest BCUT2D eigenvalue weighted by molar-refractivity contribution is -0.111. The minimum absolute atomic E-state index is 0.281. The van der Waals surface area contributed by atoms with Crippen LogP contribution in [0.4, 0.5) is 5.13 Å². The molecule has 0 spiro atoms. The first-order chi connectivity index (χ1) is 10.1. The summed E-state index contributed by atoms with van der Waals surface area (Å²) in [5.41, 5.74) is 0.750. The molecule has 110 valence electrons. The number of ether oxygens (including phenoxy) is 2. The van der Waals surface area contributed by atoms with Gasteiger partial charge in [0.25, 0.3) is 0 Å². The lowest BCUT2D eigenvalue weighted by Gasteiger charge is -2.07. The van der Waals surface area contributed by atoms with Gasteiger partial charge < -0.3 is 9.47 Å². The van der Waals surface area contributed by atoms with E-state index in [1.165, 1.54) is 17.4 Å². The monoisotopic (exact) mass is 305 g/mol. The summed E-state index contributed by atoms with van der Waals surface area (Å²) in [6, 6.07) is 5.36. The van der Waals surface area contributed by atoms with Crippen LogP contribution in [0.3, 0.4) is 0 Å². The quantitative estimate of drug-likeness (QED) is 0.859. The fourth-order valence-electron chi connectivity index (χ4n) is 1.63. The molecule has 0 aliphatic rings. The van der Waals surface area contributed by atoms with Gasteiger partial charge in [0.1, 0.15) is 16.5 Å². The highest BCUT2D eigenvalue weighted by Crippen LogP contribution is 2.25. The molecule has 2 aromatic rings. The number of aryl methyl sites for hydroxylation is 1. The average molecular weight is 305 g/mol. The largest absolute Gasteiger partial charge is 0.497 e. The van der Waals surface area contributed by atoms with Crippen molar-refractivity contribution in [2.45, 2.75) is 6.92 Å². The lowest BCUT2D eigenvalue weighted by atomic mass is 10.1. The molecule has 0 saturated carbocycles. The van der Waals surface area contributed by atoms with Gasteiger partial charge in [-0.25, -0.2) is 0 Å². The summed E-state index contributed by atoms with van der Waals surface area (Å²) in [6.45, 7) is 1.82. The van der Waals surface area contributed by atoms with Crippen molar-refractivity contribution in [3.05, 3.63) is 34.8 Å². The fraction of sp³-hybridized carbons (Fsp3) is 0.214. The molecule has 1 N–H and O–H groups in total. The molecule has 0 aliphatic carbocycles. The first kappa shape index (κ1) is 15.0. The van der Waals surface area contributed by atoms with Gasteiger partial charge >= 0.3 is 0 Å². The third-order valence-electron chi connectivity index (χ3n) is 2.61. The molecule has 7 heteroatoms. The zero-order valence-electron chi connectivity index (χ0n) is 11.9. The minimum Gasteiger partial charge on any atom is -0.497 e. The van der Waals surface area contributed by atoms with Crippen LogP contribution < -0.4 is 14.8 Å². The molecule has 0 radical (unpaired) electrons. The second-order valence-corrected chi connectivity index (χ2v) is 5.24. The number of carbonyl (C=O) groups excluding carboxylic acids is 1. The molecule has 0 bridgehead atoms. The van der Waals surface area contributed by atoms with Gasteiger partial charge in [0, 0.05) is 11.6 Å². The topological polar surface area (TPSA) is 73.3 Å². The highest BCUT2D eigenvalue weighted by molar-refractivity contribution is 7.15. The molecule has 0 unspecified atom stereocenters. The summed E-state index contributed by atoms with van der Waals surface area (Å²) >= 11 is 1.32. The molecule has 21 heavy (non-hydrogen) atoms. The number of hydrogen-bond acceptors (Lipinski definition) is 6. The predicted molar refractivity (Wildman–Crippen MR) is 81.9 cm³/mol. The lowest BCUT2D eigenvalue weighted by Crippen LogP contribution is -2.07. The Bertz CT molecular complexity index is 667. The second kappa shape index (κ2) is 6.85. The Hall–Kier alpha value is -2.41. The van der Waals surface area contributed by atoms with E-state index in [0.29, 0.717) is 16.6 Å². The van der Waals surface area contributed by atoms with Gasteiger partial charge in [-0.2, -0.15) is 0 Å². The Morgan fingerprint density at radius 3 is 2.71 bits per heavy atom. The molecule has 0 atom stereocenters. The van der Waals surface area contributed by atoms with Gasteiger partial charge in [0.2, 0.25) is 11.0 Å². The van der Waals surface area contributed by atoms with E-state index in [4.69, 9.17) is 9.47 Å². The zero-order chi connectivity index (χ0) is 15.2. The molecule has 1 heterocycles. The first-order valence-corrected chi connectivity index (χ1v) is 6.95. The summed E-state index contributed by atoms with van der Waals surface area (Å²) in [4.78, 5) is 11.8. The SMILES string of the molecule is COc1ccc(OC)c(C=CC(=O)Nc2nnc(C)s2)c1. The van der Waals surface area contributed by atoms with Crippen molar-refractivity contribution >= 4 is 28.5 Å². The number of hydrogen-bond donors (Lipinski definition) is 1. The molecule has 1 amide bonds. The summed E-state index contributed by atoms with van der Waals surface area (Å²) in [7, 11) is 3.16. The highest BCUT2D eigenvalue weighted by Gasteiger charge is 2.05. The summed E-state index contributed by atoms with van der Waals surface area (Å²) in [5.74, 6) is 1.07. The fourth-order valence-corrected chi connectivity index (χ4v) is 2.22. The van der Waals surface area contributed by atoms with Gasteiger partial charge in [0.15, 0.2) is 0 Å². The summed E-state index contributed by atoms with van der Waals surface area (Å²) in [6.07, 6.45) is 3.07. The Morgan fingerprint density at radius 2 is 2.10 bits per heavy atom. The molecular weight excluding hydrogens is 290 g/mol. The van der Waals surface area contributed by atoms with Crippen LogP contribution in [0, 0.1) is 6.92 Å². The van der Waals surface area contributed by atoms with E-state index in [0.717, 1.165) is 10.6 Å². The highest BCUT2D eigenvalue weighted by atomic mass is 32.1. The number of carbonyl (C=O) groups is 1. The van der Waals surface area contributed by atoms with Crippen LogP contribution in [0.2, 0.25) is 0 Å². The first-order valence-electron chi connectivity index (χ1n) is 6.13. The van der Waals surface area contributed by atoms with E-state index in [1.807, 2.05) is 6.92 Å². The Kier molecular flexibility index (Phi) is 4.89. The van der Waals surface area contributed by atoms with Crippen molar-refractivity contribution in [1.29, 1.82) is 0 Å². The van der Waals surface area contributed by atoms with E-state index in [-0.39, 0.29) is 5.91 Å². The number of nitrogens with one attached hydrogen (secondary N) is 1. The number of rotatable bonds is 5. The van der Waals surface area contributed by atoms with Crippen molar-refractivity contribution < 1.29 is 14.3 Å². The van der Waals surface area contributed by atoms with Crippen molar-refractivity contribution in [2.24, 2.45) is 0 Å². The van der Waals surface area contributed by atoms with E-state index in [9.17, 15) is 4.79 Å². The maximum Gasteiger partial charge on any atom is 0.250 e. The van der Waals surface area contributed by atoms with Crippen molar-refractivity contribution in [1.82, 2.24) is 10.2 Å². The number of methoxy groups -OCH3 is 2. The maximum absolute atomic E-state index is 11.8. The van der Waals surface area contributed by atoms with E-state index < -0.39 is 0 Å². The molecule has 0 saturated heterocycles. The third kappa shape index (κ3) is 4.03.